The molecule has 4 heteroatoms. The summed E-state index contributed by atoms with van der Waals surface area (Å²) in [5.74, 6) is -0.0936. The molecule has 0 unspecified atom stereocenters. The van der Waals surface area contributed by atoms with E-state index in [4.69, 9.17) is 0 Å². The highest BCUT2D eigenvalue weighted by molar-refractivity contribution is 7.18. The third kappa shape index (κ3) is 3.65. The number of carbonyl (C=O) groups excluding carboxylic acids is 1. The van der Waals surface area contributed by atoms with Gasteiger partial charge in [-0.05, 0) is 48.9 Å². The van der Waals surface area contributed by atoms with Crippen LogP contribution < -0.4 is 5.32 Å². The summed E-state index contributed by atoms with van der Waals surface area (Å²) in [7, 11) is 0. The molecule has 0 spiro atoms. The van der Waals surface area contributed by atoms with Crippen LogP contribution in [0.15, 0.2) is 72.8 Å². The second-order valence-corrected chi connectivity index (χ2v) is 7.38. The maximum absolute atomic E-state index is 12.3. The first kappa shape index (κ1) is 16.5. The number of fused-ring (bicyclic) bond motifs is 1. The van der Waals surface area contributed by atoms with E-state index in [-0.39, 0.29) is 5.91 Å². The molecule has 1 heterocycles. The quantitative estimate of drug-likeness (QED) is 0.527. The van der Waals surface area contributed by atoms with Crippen LogP contribution in [0.3, 0.4) is 0 Å². The lowest BCUT2D eigenvalue weighted by molar-refractivity contribution is 0.102. The standard InChI is InChI=1S/C22H18N2OS/c1-15-6-10-17(11-7-15)22(25)23-18-12-8-16(9-13-18)14-21-24-19-4-2-3-5-20(19)26-21/h2-13H,14H2,1H3,(H,23,25). The van der Waals surface area contributed by atoms with Gasteiger partial charge in [0.15, 0.2) is 0 Å². The highest BCUT2D eigenvalue weighted by atomic mass is 32.1. The molecule has 0 bridgehead atoms. The number of aryl methyl sites for hydroxylation is 1. The van der Waals surface area contributed by atoms with Crippen molar-refractivity contribution in [2.45, 2.75) is 13.3 Å². The van der Waals surface area contributed by atoms with Crippen LogP contribution in [0.4, 0.5) is 5.69 Å². The largest absolute Gasteiger partial charge is 0.322 e. The first-order valence-electron chi connectivity index (χ1n) is 8.49. The first-order valence-corrected chi connectivity index (χ1v) is 9.30. The van der Waals surface area contributed by atoms with E-state index in [1.807, 2.05) is 73.7 Å². The van der Waals surface area contributed by atoms with Gasteiger partial charge in [-0.1, -0.05) is 42.0 Å². The van der Waals surface area contributed by atoms with Crippen molar-refractivity contribution in [1.82, 2.24) is 4.98 Å². The lowest BCUT2D eigenvalue weighted by Crippen LogP contribution is -2.11. The van der Waals surface area contributed by atoms with Gasteiger partial charge in [-0.25, -0.2) is 4.98 Å². The zero-order valence-corrected chi connectivity index (χ0v) is 15.2. The Balaban J connectivity index is 1.44. The molecule has 4 aromatic rings. The number of thiazole rings is 1. The summed E-state index contributed by atoms with van der Waals surface area (Å²) in [6, 6.07) is 23.7. The fraction of sp³-hybridized carbons (Fsp3) is 0.0909. The smallest absolute Gasteiger partial charge is 0.255 e. The van der Waals surface area contributed by atoms with Gasteiger partial charge in [-0.3, -0.25) is 4.79 Å². The summed E-state index contributed by atoms with van der Waals surface area (Å²) >= 11 is 1.72. The van der Waals surface area contributed by atoms with Crippen LogP contribution >= 0.6 is 11.3 Å². The van der Waals surface area contributed by atoms with Crippen molar-refractivity contribution >= 4 is 33.1 Å². The maximum atomic E-state index is 12.3. The molecule has 0 aliphatic rings. The predicted molar refractivity (Wildman–Crippen MR) is 108 cm³/mol. The Morgan fingerprint density at radius 1 is 0.962 bits per heavy atom. The normalized spacial score (nSPS) is 10.8. The zero-order valence-electron chi connectivity index (χ0n) is 14.4. The first-order chi connectivity index (χ1) is 12.7. The number of benzene rings is 3. The fourth-order valence-corrected chi connectivity index (χ4v) is 3.79. The molecular formula is C22H18N2OS. The van der Waals surface area contributed by atoms with Crippen molar-refractivity contribution in [3.63, 3.8) is 0 Å². The number of aromatic nitrogens is 1. The van der Waals surface area contributed by atoms with E-state index in [1.165, 1.54) is 10.3 Å². The number of hydrogen-bond acceptors (Lipinski definition) is 3. The summed E-state index contributed by atoms with van der Waals surface area (Å²) in [5.41, 5.74) is 4.82. The maximum Gasteiger partial charge on any atom is 0.255 e. The van der Waals surface area contributed by atoms with Gasteiger partial charge in [0.2, 0.25) is 0 Å². The molecule has 0 fully saturated rings. The van der Waals surface area contributed by atoms with E-state index in [2.05, 4.69) is 16.4 Å². The molecular weight excluding hydrogens is 340 g/mol. The monoisotopic (exact) mass is 358 g/mol. The highest BCUT2D eigenvalue weighted by Crippen LogP contribution is 2.24. The van der Waals surface area contributed by atoms with Crippen LogP contribution in [0.25, 0.3) is 10.2 Å². The minimum absolute atomic E-state index is 0.0936. The van der Waals surface area contributed by atoms with Gasteiger partial charge in [0.1, 0.15) is 0 Å². The Hall–Kier alpha value is -2.98. The van der Waals surface area contributed by atoms with Gasteiger partial charge >= 0.3 is 0 Å². The van der Waals surface area contributed by atoms with Gasteiger partial charge in [-0.15, -0.1) is 11.3 Å². The van der Waals surface area contributed by atoms with E-state index < -0.39 is 0 Å². The minimum Gasteiger partial charge on any atom is -0.322 e. The lowest BCUT2D eigenvalue weighted by Gasteiger charge is -2.06. The van der Waals surface area contributed by atoms with Gasteiger partial charge in [0, 0.05) is 17.7 Å². The number of para-hydroxylation sites is 1. The highest BCUT2D eigenvalue weighted by Gasteiger charge is 2.07. The van der Waals surface area contributed by atoms with Gasteiger partial charge in [0.25, 0.3) is 5.91 Å². The van der Waals surface area contributed by atoms with Crippen molar-refractivity contribution in [1.29, 1.82) is 0 Å². The van der Waals surface area contributed by atoms with Crippen LogP contribution in [-0.2, 0) is 6.42 Å². The molecule has 1 amide bonds. The van der Waals surface area contributed by atoms with Gasteiger partial charge < -0.3 is 5.32 Å². The minimum atomic E-state index is -0.0936. The molecule has 4 rings (SSSR count). The summed E-state index contributed by atoms with van der Waals surface area (Å²) in [6.45, 7) is 2.01. The molecule has 0 aliphatic heterocycles. The number of hydrogen-bond donors (Lipinski definition) is 1. The summed E-state index contributed by atoms with van der Waals surface area (Å²) in [5, 5.41) is 4.04. The van der Waals surface area contributed by atoms with E-state index in [0.29, 0.717) is 5.56 Å². The second-order valence-electron chi connectivity index (χ2n) is 6.27. The number of anilines is 1. The zero-order chi connectivity index (χ0) is 17.9. The average Bonchev–Trinajstić information content (AvgIpc) is 3.06. The number of nitrogens with zero attached hydrogens (tertiary/aromatic N) is 1. The van der Waals surface area contributed by atoms with E-state index in [1.54, 1.807) is 11.3 Å². The Bertz CT molecular complexity index is 1020. The molecule has 0 atom stereocenters. The summed E-state index contributed by atoms with van der Waals surface area (Å²) in [6.07, 6.45) is 0.797. The second kappa shape index (κ2) is 7.10. The molecule has 0 saturated heterocycles. The van der Waals surface area contributed by atoms with Crippen molar-refractivity contribution in [3.8, 4) is 0 Å². The summed E-state index contributed by atoms with van der Waals surface area (Å²) < 4.78 is 1.21. The Morgan fingerprint density at radius 2 is 1.69 bits per heavy atom. The number of nitrogens with one attached hydrogen (secondary N) is 1. The molecule has 128 valence electrons. The Morgan fingerprint density at radius 3 is 2.42 bits per heavy atom. The van der Waals surface area contributed by atoms with E-state index >= 15 is 0 Å². The molecule has 26 heavy (non-hydrogen) atoms. The van der Waals surface area contributed by atoms with E-state index in [0.717, 1.165) is 28.2 Å². The number of carbonyl (C=O) groups is 1. The molecule has 3 aromatic carbocycles. The van der Waals surface area contributed by atoms with Crippen molar-refractivity contribution in [3.05, 3.63) is 94.5 Å². The molecule has 1 N–H and O–H groups in total. The predicted octanol–water partition coefficient (Wildman–Crippen LogP) is 5.45. The van der Waals surface area contributed by atoms with Crippen LogP contribution in [0.1, 0.15) is 26.5 Å². The topological polar surface area (TPSA) is 42.0 Å². The lowest BCUT2D eigenvalue weighted by atomic mass is 10.1. The number of rotatable bonds is 4. The molecule has 0 aliphatic carbocycles. The third-order valence-electron chi connectivity index (χ3n) is 4.22. The fourth-order valence-electron chi connectivity index (χ4n) is 2.78. The van der Waals surface area contributed by atoms with Crippen molar-refractivity contribution in [2.75, 3.05) is 5.32 Å². The molecule has 0 saturated carbocycles. The third-order valence-corrected chi connectivity index (χ3v) is 5.26. The molecule has 0 radical (unpaired) electrons. The molecule has 1 aromatic heterocycles. The molecule has 3 nitrogen and oxygen atoms in total. The van der Waals surface area contributed by atoms with E-state index in [9.17, 15) is 4.79 Å². The van der Waals surface area contributed by atoms with Crippen LogP contribution in [0.5, 0.6) is 0 Å². The summed E-state index contributed by atoms with van der Waals surface area (Å²) in [4.78, 5) is 17.0. The average molecular weight is 358 g/mol. The van der Waals surface area contributed by atoms with Crippen molar-refractivity contribution < 1.29 is 4.79 Å². The SMILES string of the molecule is Cc1ccc(C(=O)Nc2ccc(Cc3nc4ccccc4s3)cc2)cc1. The van der Waals surface area contributed by atoms with Crippen molar-refractivity contribution in [2.24, 2.45) is 0 Å². The Kier molecular flexibility index (Phi) is 4.50. The number of amides is 1. The van der Waals surface area contributed by atoms with Crippen LogP contribution in [0.2, 0.25) is 0 Å². The Labute approximate surface area is 156 Å². The van der Waals surface area contributed by atoms with Crippen LogP contribution in [-0.4, -0.2) is 10.9 Å². The van der Waals surface area contributed by atoms with Gasteiger partial charge in [-0.2, -0.15) is 0 Å². The van der Waals surface area contributed by atoms with Crippen LogP contribution in [0, 0.1) is 6.92 Å². The van der Waals surface area contributed by atoms with Gasteiger partial charge in [0.05, 0.1) is 15.2 Å².